The predicted octanol–water partition coefficient (Wildman–Crippen LogP) is 12.4. The highest BCUT2D eigenvalue weighted by Crippen LogP contribution is 2.16. The van der Waals surface area contributed by atoms with Gasteiger partial charge in [0.25, 0.3) is 0 Å². The molecule has 1 amide bonds. The number of ether oxygens (including phenoxy) is 1. The zero-order valence-electron chi connectivity index (χ0n) is 34.8. The minimum atomic E-state index is -0.805. The molecule has 6 heteroatoms. The standard InChI is InChI=1S/C48H81NO5/c1-4-7-10-13-16-19-22-24-26-29-32-35-38-41-48(53)54-44(39-36-33-30-27-25-23-20-17-14-11-8-5-2)42-47(52)49-45(43-50)46(51)40-37-34-31-28-21-18-15-12-9-6-3/h7-8,10-11,13,16-17,19-20,22,24,26,29,32,44-46,50-51H,4-6,9,12,14-15,18,21,23,25,27-28,30-31,33-43H2,1-3H3,(H,49,52)/b10-7+,11-8+,16-13+,20-17+,22-19-,26-24-,32-29+. The van der Waals surface area contributed by atoms with E-state index in [2.05, 4.69) is 56.5 Å². The monoisotopic (exact) mass is 752 g/mol. The van der Waals surface area contributed by atoms with Crippen LogP contribution in [0.1, 0.15) is 181 Å². The second-order valence-corrected chi connectivity index (χ2v) is 14.5. The van der Waals surface area contributed by atoms with Gasteiger partial charge in [-0.05, 0) is 64.2 Å². The van der Waals surface area contributed by atoms with E-state index in [1.165, 1.54) is 44.9 Å². The minimum Gasteiger partial charge on any atom is -0.462 e. The summed E-state index contributed by atoms with van der Waals surface area (Å²) in [5.41, 5.74) is 0. The van der Waals surface area contributed by atoms with E-state index in [0.717, 1.165) is 83.5 Å². The molecular weight excluding hydrogens is 671 g/mol. The van der Waals surface area contributed by atoms with Gasteiger partial charge in [0, 0.05) is 6.42 Å². The van der Waals surface area contributed by atoms with Crippen LogP contribution in [0.4, 0.5) is 0 Å². The van der Waals surface area contributed by atoms with Crippen LogP contribution in [0.15, 0.2) is 85.1 Å². The van der Waals surface area contributed by atoms with Crippen LogP contribution < -0.4 is 5.32 Å². The molecule has 308 valence electrons. The maximum Gasteiger partial charge on any atom is 0.306 e. The number of esters is 1. The van der Waals surface area contributed by atoms with E-state index in [1.54, 1.807) is 0 Å². The topological polar surface area (TPSA) is 95.9 Å². The molecule has 0 aromatic rings. The lowest BCUT2D eigenvalue weighted by molar-refractivity contribution is -0.151. The third-order valence-corrected chi connectivity index (χ3v) is 9.35. The lowest BCUT2D eigenvalue weighted by atomic mass is 10.0. The molecule has 0 bridgehead atoms. The second-order valence-electron chi connectivity index (χ2n) is 14.5. The molecule has 0 aromatic carbocycles. The number of hydrogen-bond acceptors (Lipinski definition) is 5. The normalized spacial score (nSPS) is 14.2. The Morgan fingerprint density at radius 1 is 0.574 bits per heavy atom. The van der Waals surface area contributed by atoms with Gasteiger partial charge < -0.3 is 20.3 Å². The zero-order valence-corrected chi connectivity index (χ0v) is 34.8. The van der Waals surface area contributed by atoms with Crippen molar-refractivity contribution >= 4 is 11.9 Å². The molecule has 3 N–H and O–H groups in total. The van der Waals surface area contributed by atoms with Crippen LogP contribution in [0.25, 0.3) is 0 Å². The zero-order chi connectivity index (χ0) is 39.6. The van der Waals surface area contributed by atoms with Gasteiger partial charge in [-0.3, -0.25) is 9.59 Å². The van der Waals surface area contributed by atoms with Crippen LogP contribution in [0.5, 0.6) is 0 Å². The Hall–Kier alpha value is -2.96. The highest BCUT2D eigenvalue weighted by molar-refractivity contribution is 5.77. The summed E-state index contributed by atoms with van der Waals surface area (Å²) in [6, 6.07) is -0.722. The fourth-order valence-corrected chi connectivity index (χ4v) is 6.08. The number of aliphatic hydroxyl groups excluding tert-OH is 2. The molecule has 0 radical (unpaired) electrons. The molecule has 54 heavy (non-hydrogen) atoms. The Kier molecular flexibility index (Phi) is 38.9. The number of aliphatic hydroxyl groups is 2. The van der Waals surface area contributed by atoms with Gasteiger partial charge in [-0.25, -0.2) is 0 Å². The van der Waals surface area contributed by atoms with E-state index in [4.69, 9.17) is 4.74 Å². The maximum atomic E-state index is 13.1. The number of carbonyl (C=O) groups excluding carboxylic acids is 2. The summed E-state index contributed by atoms with van der Waals surface area (Å²) in [4.78, 5) is 25.9. The SMILES string of the molecule is CC/C=C/C=C/C=C\C=C/C=C/CCCC(=O)OC(CCCCCCC/C=C/C/C=C/CC)CC(=O)NC(CO)C(O)CCCCCCCCCCCC. The summed E-state index contributed by atoms with van der Waals surface area (Å²) in [5, 5.41) is 23.6. The summed E-state index contributed by atoms with van der Waals surface area (Å²) in [6.07, 6.45) is 52.2. The maximum absolute atomic E-state index is 13.1. The van der Waals surface area contributed by atoms with Crippen LogP contribution in [-0.2, 0) is 14.3 Å². The number of nitrogens with one attached hydrogen (secondary N) is 1. The van der Waals surface area contributed by atoms with Crippen molar-refractivity contribution in [2.24, 2.45) is 0 Å². The van der Waals surface area contributed by atoms with Crippen molar-refractivity contribution in [3.05, 3.63) is 85.1 Å². The molecule has 0 aliphatic heterocycles. The summed E-state index contributed by atoms with van der Waals surface area (Å²) >= 11 is 0. The molecule has 0 fully saturated rings. The Bertz CT molecular complexity index is 1070. The Morgan fingerprint density at radius 2 is 1.09 bits per heavy atom. The van der Waals surface area contributed by atoms with Crippen LogP contribution >= 0.6 is 0 Å². The lowest BCUT2D eigenvalue weighted by Crippen LogP contribution is -2.46. The lowest BCUT2D eigenvalue weighted by Gasteiger charge is -2.24. The van der Waals surface area contributed by atoms with Gasteiger partial charge in [-0.2, -0.15) is 0 Å². The first-order chi connectivity index (χ1) is 26.5. The first-order valence-corrected chi connectivity index (χ1v) is 21.9. The first-order valence-electron chi connectivity index (χ1n) is 21.9. The molecule has 0 saturated carbocycles. The third-order valence-electron chi connectivity index (χ3n) is 9.35. The van der Waals surface area contributed by atoms with Crippen molar-refractivity contribution in [3.63, 3.8) is 0 Å². The quantitative estimate of drug-likeness (QED) is 0.0254. The molecule has 0 saturated heterocycles. The Balaban J connectivity index is 4.77. The van der Waals surface area contributed by atoms with E-state index in [0.29, 0.717) is 25.7 Å². The summed E-state index contributed by atoms with van der Waals surface area (Å²) in [5.74, 6) is -0.588. The van der Waals surface area contributed by atoms with Crippen LogP contribution in [0.3, 0.4) is 0 Å². The number of carbonyl (C=O) groups is 2. The van der Waals surface area contributed by atoms with Gasteiger partial charge in [0.1, 0.15) is 6.10 Å². The molecule has 0 heterocycles. The van der Waals surface area contributed by atoms with Gasteiger partial charge in [0.15, 0.2) is 0 Å². The van der Waals surface area contributed by atoms with Crippen LogP contribution in [-0.4, -0.2) is 46.9 Å². The highest BCUT2D eigenvalue weighted by Gasteiger charge is 2.24. The van der Waals surface area contributed by atoms with Gasteiger partial charge >= 0.3 is 5.97 Å². The smallest absolute Gasteiger partial charge is 0.306 e. The number of rotatable bonds is 37. The van der Waals surface area contributed by atoms with Crippen LogP contribution in [0, 0.1) is 0 Å². The van der Waals surface area contributed by atoms with E-state index >= 15 is 0 Å². The van der Waals surface area contributed by atoms with Crippen molar-refractivity contribution in [1.82, 2.24) is 5.32 Å². The van der Waals surface area contributed by atoms with E-state index in [-0.39, 0.29) is 24.9 Å². The Labute approximate surface area is 332 Å². The Morgan fingerprint density at radius 3 is 1.70 bits per heavy atom. The van der Waals surface area contributed by atoms with E-state index in [9.17, 15) is 19.8 Å². The minimum absolute atomic E-state index is 0.0345. The van der Waals surface area contributed by atoms with E-state index < -0.39 is 18.2 Å². The van der Waals surface area contributed by atoms with Gasteiger partial charge in [-0.1, -0.05) is 189 Å². The molecule has 3 unspecified atom stereocenters. The van der Waals surface area contributed by atoms with Crippen molar-refractivity contribution in [2.45, 2.75) is 200 Å². The van der Waals surface area contributed by atoms with Crippen molar-refractivity contribution < 1.29 is 24.5 Å². The van der Waals surface area contributed by atoms with Gasteiger partial charge in [-0.15, -0.1) is 0 Å². The number of unbranched alkanes of at least 4 members (excludes halogenated alkanes) is 15. The fraction of sp³-hybridized carbons (Fsp3) is 0.667. The fourth-order valence-electron chi connectivity index (χ4n) is 6.08. The third kappa shape index (κ3) is 36.0. The number of allylic oxidation sites excluding steroid dienone is 14. The number of amides is 1. The van der Waals surface area contributed by atoms with Crippen LogP contribution in [0.2, 0.25) is 0 Å². The summed E-state index contributed by atoms with van der Waals surface area (Å²) in [6.45, 7) is 6.17. The average molecular weight is 752 g/mol. The molecule has 0 aliphatic carbocycles. The number of hydrogen-bond donors (Lipinski definition) is 3. The van der Waals surface area contributed by atoms with Gasteiger partial charge in [0.05, 0.1) is 25.2 Å². The van der Waals surface area contributed by atoms with Gasteiger partial charge in [0.2, 0.25) is 5.91 Å². The molecule has 0 aromatic heterocycles. The molecule has 3 atom stereocenters. The highest BCUT2D eigenvalue weighted by atomic mass is 16.5. The molecule has 0 rings (SSSR count). The summed E-state index contributed by atoms with van der Waals surface area (Å²) in [7, 11) is 0. The van der Waals surface area contributed by atoms with E-state index in [1.807, 2.05) is 54.7 Å². The second kappa shape index (κ2) is 41.2. The van der Waals surface area contributed by atoms with Crippen molar-refractivity contribution in [2.75, 3.05) is 6.61 Å². The first kappa shape index (κ1) is 51.0. The molecule has 0 aliphatic rings. The molecule has 0 spiro atoms. The van der Waals surface area contributed by atoms with Crippen molar-refractivity contribution in [3.8, 4) is 0 Å². The van der Waals surface area contributed by atoms with Crippen molar-refractivity contribution in [1.29, 1.82) is 0 Å². The molecule has 6 nitrogen and oxygen atoms in total. The average Bonchev–Trinajstić information content (AvgIpc) is 3.16. The largest absolute Gasteiger partial charge is 0.462 e. The predicted molar refractivity (Wildman–Crippen MR) is 231 cm³/mol. The summed E-state index contributed by atoms with van der Waals surface area (Å²) < 4.78 is 5.84. The molecular formula is C48H81NO5.